The van der Waals surface area contributed by atoms with Crippen LogP contribution in [0.3, 0.4) is 0 Å². The molecule has 2 unspecified atom stereocenters. The van der Waals surface area contributed by atoms with Crippen molar-refractivity contribution in [1.29, 1.82) is 0 Å². The van der Waals surface area contributed by atoms with Gasteiger partial charge in [0.1, 0.15) is 0 Å². The first-order chi connectivity index (χ1) is 8.13. The molecule has 1 aromatic heterocycles. The van der Waals surface area contributed by atoms with Crippen molar-refractivity contribution in [1.82, 2.24) is 9.78 Å². The molecule has 1 aliphatic carbocycles. The van der Waals surface area contributed by atoms with Crippen molar-refractivity contribution in [2.75, 3.05) is 12.3 Å². The largest absolute Gasteiger partial charge is 0.396 e. The second-order valence-corrected chi connectivity index (χ2v) is 5.45. The average Bonchev–Trinajstić information content (AvgIpc) is 2.63. The highest BCUT2D eigenvalue weighted by molar-refractivity contribution is 5.30. The van der Waals surface area contributed by atoms with Gasteiger partial charge in [-0.15, -0.1) is 0 Å². The van der Waals surface area contributed by atoms with Crippen LogP contribution in [0.1, 0.15) is 33.1 Å². The van der Waals surface area contributed by atoms with Crippen LogP contribution in [0.2, 0.25) is 0 Å². The van der Waals surface area contributed by atoms with Crippen LogP contribution in [0, 0.1) is 11.8 Å². The maximum atomic E-state index is 5.94. The summed E-state index contributed by atoms with van der Waals surface area (Å²) < 4.78 is 7.77. The fraction of sp³-hybridized carbons (Fsp3) is 0.769. The average molecular weight is 237 g/mol. The van der Waals surface area contributed by atoms with Crippen molar-refractivity contribution in [3.05, 3.63) is 12.4 Å². The standard InChI is InChI=1S/C13H23N3O/c1-10-5-11(2)7-13(6-10)17-4-3-16-9-12(14)8-15-16/h8-11,13H,3-7,14H2,1-2H3. The van der Waals surface area contributed by atoms with Gasteiger partial charge in [0.15, 0.2) is 0 Å². The van der Waals surface area contributed by atoms with Gasteiger partial charge in [0.25, 0.3) is 0 Å². The van der Waals surface area contributed by atoms with Crippen molar-refractivity contribution < 1.29 is 4.74 Å². The van der Waals surface area contributed by atoms with E-state index in [2.05, 4.69) is 18.9 Å². The van der Waals surface area contributed by atoms with E-state index in [1.54, 1.807) is 6.20 Å². The molecule has 1 fully saturated rings. The molecular weight excluding hydrogens is 214 g/mol. The fourth-order valence-corrected chi connectivity index (χ4v) is 2.82. The lowest BCUT2D eigenvalue weighted by molar-refractivity contribution is -0.00331. The van der Waals surface area contributed by atoms with Crippen molar-refractivity contribution in [2.45, 2.75) is 45.8 Å². The summed E-state index contributed by atoms with van der Waals surface area (Å²) >= 11 is 0. The van der Waals surface area contributed by atoms with Gasteiger partial charge in [-0.3, -0.25) is 4.68 Å². The van der Waals surface area contributed by atoms with E-state index in [0.717, 1.165) is 25.0 Å². The number of nitrogens with two attached hydrogens (primary N) is 1. The number of hydrogen-bond acceptors (Lipinski definition) is 3. The minimum atomic E-state index is 0.432. The molecule has 1 aromatic rings. The Bertz CT molecular complexity index is 340. The zero-order valence-electron chi connectivity index (χ0n) is 10.8. The van der Waals surface area contributed by atoms with Gasteiger partial charge in [0.05, 0.1) is 31.1 Å². The number of hydrogen-bond donors (Lipinski definition) is 1. The minimum absolute atomic E-state index is 0.432. The Morgan fingerprint density at radius 2 is 2.06 bits per heavy atom. The molecule has 0 saturated heterocycles. The summed E-state index contributed by atoms with van der Waals surface area (Å²) in [5.41, 5.74) is 6.32. The number of rotatable bonds is 4. The molecule has 0 aromatic carbocycles. The highest BCUT2D eigenvalue weighted by Gasteiger charge is 2.24. The second-order valence-electron chi connectivity index (χ2n) is 5.45. The van der Waals surface area contributed by atoms with Gasteiger partial charge in [-0.1, -0.05) is 13.8 Å². The first-order valence-corrected chi connectivity index (χ1v) is 6.53. The Morgan fingerprint density at radius 1 is 1.35 bits per heavy atom. The van der Waals surface area contributed by atoms with Crippen molar-refractivity contribution in [3.8, 4) is 0 Å². The van der Waals surface area contributed by atoms with Crippen LogP contribution in [0.25, 0.3) is 0 Å². The van der Waals surface area contributed by atoms with Gasteiger partial charge < -0.3 is 10.5 Å². The van der Waals surface area contributed by atoms with Crippen LogP contribution < -0.4 is 5.73 Å². The molecule has 2 rings (SSSR count). The maximum Gasteiger partial charge on any atom is 0.0719 e. The van der Waals surface area contributed by atoms with Gasteiger partial charge >= 0.3 is 0 Å². The first kappa shape index (κ1) is 12.4. The monoisotopic (exact) mass is 237 g/mol. The summed E-state index contributed by atoms with van der Waals surface area (Å²) in [7, 11) is 0. The first-order valence-electron chi connectivity index (χ1n) is 6.53. The number of nitrogens with zero attached hydrogens (tertiary/aromatic N) is 2. The number of anilines is 1. The Balaban J connectivity index is 1.71. The van der Waals surface area contributed by atoms with E-state index in [4.69, 9.17) is 10.5 Å². The summed E-state index contributed by atoms with van der Waals surface area (Å²) in [6.07, 6.45) is 7.69. The lowest BCUT2D eigenvalue weighted by Gasteiger charge is -2.31. The fourth-order valence-electron chi connectivity index (χ4n) is 2.82. The molecule has 1 heterocycles. The summed E-state index contributed by atoms with van der Waals surface area (Å²) in [4.78, 5) is 0. The van der Waals surface area contributed by atoms with Crippen LogP contribution in [-0.2, 0) is 11.3 Å². The molecule has 2 atom stereocenters. The highest BCUT2D eigenvalue weighted by Crippen LogP contribution is 2.30. The number of aromatic nitrogens is 2. The Hall–Kier alpha value is -1.03. The predicted molar refractivity (Wildman–Crippen MR) is 68.6 cm³/mol. The van der Waals surface area contributed by atoms with E-state index in [1.165, 1.54) is 19.3 Å². The molecule has 1 saturated carbocycles. The van der Waals surface area contributed by atoms with E-state index in [0.29, 0.717) is 11.8 Å². The van der Waals surface area contributed by atoms with E-state index in [9.17, 15) is 0 Å². The third kappa shape index (κ3) is 3.73. The molecule has 4 heteroatoms. The Labute approximate surface area is 103 Å². The Morgan fingerprint density at radius 3 is 2.65 bits per heavy atom. The van der Waals surface area contributed by atoms with Gasteiger partial charge in [0.2, 0.25) is 0 Å². The number of ether oxygens (including phenoxy) is 1. The zero-order chi connectivity index (χ0) is 12.3. The van der Waals surface area contributed by atoms with Gasteiger partial charge in [-0.05, 0) is 31.1 Å². The van der Waals surface area contributed by atoms with Crippen LogP contribution in [-0.4, -0.2) is 22.5 Å². The quantitative estimate of drug-likeness (QED) is 0.874. The summed E-state index contributed by atoms with van der Waals surface area (Å²) in [6.45, 7) is 6.15. The lowest BCUT2D eigenvalue weighted by Crippen LogP contribution is -2.27. The normalized spacial score (nSPS) is 29.4. The SMILES string of the molecule is CC1CC(C)CC(OCCn2cc(N)cn2)C1. The summed E-state index contributed by atoms with van der Waals surface area (Å²) in [6, 6.07) is 0. The molecule has 0 radical (unpaired) electrons. The van der Waals surface area contributed by atoms with Crippen LogP contribution in [0.15, 0.2) is 12.4 Å². The Kier molecular flexibility index (Phi) is 4.05. The van der Waals surface area contributed by atoms with Crippen molar-refractivity contribution in [2.24, 2.45) is 11.8 Å². The third-order valence-electron chi connectivity index (χ3n) is 3.46. The van der Waals surface area contributed by atoms with Crippen LogP contribution >= 0.6 is 0 Å². The van der Waals surface area contributed by atoms with E-state index < -0.39 is 0 Å². The van der Waals surface area contributed by atoms with Gasteiger partial charge in [-0.2, -0.15) is 5.10 Å². The molecule has 2 N–H and O–H groups in total. The molecule has 0 aliphatic heterocycles. The number of nitrogen functional groups attached to an aromatic ring is 1. The molecule has 0 spiro atoms. The summed E-state index contributed by atoms with van der Waals surface area (Å²) in [5, 5.41) is 4.14. The second kappa shape index (κ2) is 5.54. The van der Waals surface area contributed by atoms with E-state index >= 15 is 0 Å². The summed E-state index contributed by atoms with van der Waals surface area (Å²) in [5.74, 6) is 1.59. The van der Waals surface area contributed by atoms with Crippen LogP contribution in [0.4, 0.5) is 5.69 Å². The van der Waals surface area contributed by atoms with E-state index in [-0.39, 0.29) is 0 Å². The smallest absolute Gasteiger partial charge is 0.0719 e. The minimum Gasteiger partial charge on any atom is -0.396 e. The highest BCUT2D eigenvalue weighted by atomic mass is 16.5. The van der Waals surface area contributed by atoms with Crippen molar-refractivity contribution in [3.63, 3.8) is 0 Å². The molecule has 1 aliphatic rings. The molecular formula is C13H23N3O. The zero-order valence-corrected chi connectivity index (χ0v) is 10.8. The van der Waals surface area contributed by atoms with Gasteiger partial charge in [0, 0.05) is 6.20 Å². The molecule has 0 bridgehead atoms. The maximum absolute atomic E-state index is 5.94. The van der Waals surface area contributed by atoms with Gasteiger partial charge in [-0.25, -0.2) is 0 Å². The predicted octanol–water partition coefficient (Wildman–Crippen LogP) is 2.31. The third-order valence-corrected chi connectivity index (χ3v) is 3.46. The topological polar surface area (TPSA) is 53.1 Å². The van der Waals surface area contributed by atoms with Crippen LogP contribution in [0.5, 0.6) is 0 Å². The van der Waals surface area contributed by atoms with E-state index in [1.807, 2.05) is 10.9 Å². The molecule has 96 valence electrons. The van der Waals surface area contributed by atoms with Crippen molar-refractivity contribution >= 4 is 5.69 Å². The molecule has 4 nitrogen and oxygen atoms in total. The molecule has 17 heavy (non-hydrogen) atoms. The lowest BCUT2D eigenvalue weighted by atomic mass is 9.82. The molecule has 0 amide bonds.